The van der Waals surface area contributed by atoms with Crippen LogP contribution >= 0.6 is 23.2 Å². The molecule has 0 aromatic carbocycles. The lowest BCUT2D eigenvalue weighted by atomic mass is 10.0. The molecule has 2 aromatic rings. The van der Waals surface area contributed by atoms with Gasteiger partial charge in [-0.3, -0.25) is 0 Å². The minimum atomic E-state index is 0.478. The van der Waals surface area contributed by atoms with Gasteiger partial charge in [-0.2, -0.15) is 0 Å². The van der Waals surface area contributed by atoms with Crippen LogP contribution in [0.25, 0.3) is 0 Å². The Balaban J connectivity index is 1.99. The van der Waals surface area contributed by atoms with Crippen molar-refractivity contribution in [3.8, 4) is 0 Å². The topological polar surface area (TPSA) is 30.7 Å². The number of halogens is 2. The molecule has 0 bridgehead atoms. The molecular formula is C14H15Cl2N3. The molecule has 2 heterocycles. The van der Waals surface area contributed by atoms with Crippen LogP contribution in [-0.4, -0.2) is 14.5 Å². The summed E-state index contributed by atoms with van der Waals surface area (Å²) in [6.45, 7) is 2.68. The predicted molar refractivity (Wildman–Crippen MR) is 77.0 cm³/mol. The van der Waals surface area contributed by atoms with Crippen LogP contribution in [0.1, 0.15) is 35.7 Å². The molecule has 0 atom stereocenters. The van der Waals surface area contributed by atoms with E-state index in [1.807, 2.05) is 6.92 Å². The van der Waals surface area contributed by atoms with Gasteiger partial charge in [-0.25, -0.2) is 9.97 Å². The maximum absolute atomic E-state index is 6.19. The van der Waals surface area contributed by atoms with E-state index in [2.05, 4.69) is 14.5 Å². The molecule has 0 saturated carbocycles. The Hall–Kier alpha value is -1.06. The molecule has 3 rings (SSSR count). The van der Waals surface area contributed by atoms with E-state index in [0.717, 1.165) is 24.4 Å². The third kappa shape index (κ3) is 2.49. The Morgan fingerprint density at radius 2 is 1.95 bits per heavy atom. The number of pyridine rings is 1. The molecular weight excluding hydrogens is 281 g/mol. The Bertz CT molecular complexity index is 619. The average molecular weight is 296 g/mol. The number of nitrogens with zero attached hydrogens (tertiary/aromatic N) is 3. The van der Waals surface area contributed by atoms with Gasteiger partial charge in [0.15, 0.2) is 0 Å². The van der Waals surface area contributed by atoms with Crippen LogP contribution in [0.3, 0.4) is 0 Å². The summed E-state index contributed by atoms with van der Waals surface area (Å²) >= 11 is 12.1. The third-order valence-corrected chi connectivity index (χ3v) is 4.17. The summed E-state index contributed by atoms with van der Waals surface area (Å²) in [5.41, 5.74) is 3.38. The van der Waals surface area contributed by atoms with Gasteiger partial charge in [-0.05, 0) is 44.7 Å². The van der Waals surface area contributed by atoms with Crippen LogP contribution in [0.4, 0.5) is 0 Å². The molecule has 1 aliphatic carbocycles. The van der Waals surface area contributed by atoms with Gasteiger partial charge in [0.1, 0.15) is 11.0 Å². The van der Waals surface area contributed by atoms with E-state index in [9.17, 15) is 0 Å². The molecule has 0 amide bonds. The fraction of sp³-hybridized carbons (Fsp3) is 0.429. The van der Waals surface area contributed by atoms with Gasteiger partial charge in [0.05, 0.1) is 23.0 Å². The summed E-state index contributed by atoms with van der Waals surface area (Å²) < 4.78 is 2.22. The minimum Gasteiger partial charge on any atom is -0.326 e. The van der Waals surface area contributed by atoms with Crippen molar-refractivity contribution in [2.24, 2.45) is 0 Å². The van der Waals surface area contributed by atoms with E-state index in [4.69, 9.17) is 23.2 Å². The third-order valence-electron chi connectivity index (χ3n) is 3.62. The molecule has 2 aromatic heterocycles. The zero-order chi connectivity index (χ0) is 13.4. The monoisotopic (exact) mass is 295 g/mol. The molecule has 0 unspecified atom stereocenters. The van der Waals surface area contributed by atoms with Gasteiger partial charge in [-0.15, -0.1) is 0 Å². The Kier molecular flexibility index (Phi) is 3.50. The Morgan fingerprint density at radius 1 is 1.16 bits per heavy atom. The minimum absolute atomic E-state index is 0.478. The smallest absolute Gasteiger partial charge is 0.129 e. The first-order valence-electron chi connectivity index (χ1n) is 6.51. The SMILES string of the molecule is Cc1nc2c(n1Cc1nc(Cl)ccc1Cl)CCCC2. The highest BCUT2D eigenvalue weighted by atomic mass is 35.5. The first-order valence-corrected chi connectivity index (χ1v) is 7.26. The largest absolute Gasteiger partial charge is 0.326 e. The molecule has 0 N–H and O–H groups in total. The van der Waals surface area contributed by atoms with Gasteiger partial charge in [0, 0.05) is 5.69 Å². The summed E-state index contributed by atoms with van der Waals surface area (Å²) in [5, 5.41) is 1.13. The standard InChI is InChI=1S/C14H15Cl2N3/c1-9-17-11-4-2-3-5-13(11)19(9)8-12-10(15)6-7-14(16)18-12/h6-7H,2-5,8H2,1H3. The summed E-state index contributed by atoms with van der Waals surface area (Å²) in [6, 6.07) is 3.51. The highest BCUT2D eigenvalue weighted by Gasteiger charge is 2.19. The number of aryl methyl sites for hydroxylation is 2. The second kappa shape index (κ2) is 5.14. The van der Waals surface area contributed by atoms with Gasteiger partial charge >= 0.3 is 0 Å². The fourth-order valence-electron chi connectivity index (χ4n) is 2.66. The molecule has 100 valence electrons. The predicted octanol–water partition coefficient (Wildman–Crippen LogP) is 3.82. The van der Waals surface area contributed by atoms with Crippen molar-refractivity contribution in [2.45, 2.75) is 39.2 Å². The van der Waals surface area contributed by atoms with Crippen molar-refractivity contribution < 1.29 is 0 Å². The molecule has 3 nitrogen and oxygen atoms in total. The highest BCUT2D eigenvalue weighted by molar-refractivity contribution is 6.32. The number of imidazole rings is 1. The van der Waals surface area contributed by atoms with Crippen LogP contribution in [-0.2, 0) is 19.4 Å². The fourth-order valence-corrected chi connectivity index (χ4v) is 2.99. The molecule has 0 aliphatic heterocycles. The van der Waals surface area contributed by atoms with Crippen LogP contribution in [0.2, 0.25) is 10.2 Å². The van der Waals surface area contributed by atoms with Crippen molar-refractivity contribution in [3.05, 3.63) is 45.2 Å². The summed E-state index contributed by atoms with van der Waals surface area (Å²) in [7, 11) is 0. The zero-order valence-corrected chi connectivity index (χ0v) is 12.3. The van der Waals surface area contributed by atoms with Gasteiger partial charge < -0.3 is 4.57 Å². The zero-order valence-electron chi connectivity index (χ0n) is 10.8. The van der Waals surface area contributed by atoms with Crippen LogP contribution < -0.4 is 0 Å². The number of fused-ring (bicyclic) bond motifs is 1. The van der Waals surface area contributed by atoms with E-state index >= 15 is 0 Å². The molecule has 0 fully saturated rings. The van der Waals surface area contributed by atoms with Gasteiger partial charge in [0.25, 0.3) is 0 Å². The van der Waals surface area contributed by atoms with E-state index in [-0.39, 0.29) is 0 Å². The summed E-state index contributed by atoms with van der Waals surface area (Å²) in [4.78, 5) is 8.98. The van der Waals surface area contributed by atoms with E-state index in [0.29, 0.717) is 16.7 Å². The second-order valence-corrected chi connectivity index (χ2v) is 5.70. The molecule has 0 saturated heterocycles. The first kappa shape index (κ1) is 12.9. The molecule has 0 radical (unpaired) electrons. The number of rotatable bonds is 2. The lowest BCUT2D eigenvalue weighted by molar-refractivity contribution is 0.620. The van der Waals surface area contributed by atoms with Crippen molar-refractivity contribution in [3.63, 3.8) is 0 Å². The maximum atomic E-state index is 6.19. The highest BCUT2D eigenvalue weighted by Crippen LogP contribution is 2.25. The summed E-state index contributed by atoms with van der Waals surface area (Å²) in [6.07, 6.45) is 4.64. The lowest BCUT2D eigenvalue weighted by Crippen LogP contribution is -2.11. The van der Waals surface area contributed by atoms with Gasteiger partial charge in [0.2, 0.25) is 0 Å². The van der Waals surface area contributed by atoms with Gasteiger partial charge in [-0.1, -0.05) is 23.2 Å². The van der Waals surface area contributed by atoms with E-state index < -0.39 is 0 Å². The number of hydrogen-bond acceptors (Lipinski definition) is 2. The van der Waals surface area contributed by atoms with Crippen LogP contribution in [0.15, 0.2) is 12.1 Å². The lowest BCUT2D eigenvalue weighted by Gasteiger charge is -2.15. The van der Waals surface area contributed by atoms with Crippen molar-refractivity contribution in [1.82, 2.24) is 14.5 Å². The molecule has 5 heteroatoms. The van der Waals surface area contributed by atoms with Crippen LogP contribution in [0, 0.1) is 6.92 Å². The molecule has 19 heavy (non-hydrogen) atoms. The molecule has 0 spiro atoms. The van der Waals surface area contributed by atoms with Crippen molar-refractivity contribution in [1.29, 1.82) is 0 Å². The molecule has 1 aliphatic rings. The maximum Gasteiger partial charge on any atom is 0.129 e. The number of hydrogen-bond donors (Lipinski definition) is 0. The average Bonchev–Trinajstić information content (AvgIpc) is 2.71. The Morgan fingerprint density at radius 3 is 2.79 bits per heavy atom. The van der Waals surface area contributed by atoms with Crippen molar-refractivity contribution >= 4 is 23.2 Å². The first-order chi connectivity index (χ1) is 9.15. The van der Waals surface area contributed by atoms with Crippen molar-refractivity contribution in [2.75, 3.05) is 0 Å². The summed E-state index contributed by atoms with van der Waals surface area (Å²) in [5.74, 6) is 1.03. The number of aromatic nitrogens is 3. The quantitative estimate of drug-likeness (QED) is 0.789. The Labute approximate surface area is 122 Å². The van der Waals surface area contributed by atoms with Crippen LogP contribution in [0.5, 0.6) is 0 Å². The van der Waals surface area contributed by atoms with E-state index in [1.165, 1.54) is 24.2 Å². The normalized spacial score (nSPS) is 14.5. The van der Waals surface area contributed by atoms with E-state index in [1.54, 1.807) is 12.1 Å². The second-order valence-electron chi connectivity index (χ2n) is 4.91.